The predicted molar refractivity (Wildman–Crippen MR) is 104 cm³/mol. The molecule has 0 aromatic heterocycles. The van der Waals surface area contributed by atoms with E-state index in [1.54, 1.807) is 9.80 Å². The highest BCUT2D eigenvalue weighted by atomic mass is 79.9. The second-order valence-corrected chi connectivity index (χ2v) is 8.48. The number of hydrogen-bond acceptors (Lipinski definition) is 5. The largest absolute Gasteiger partial charge is 1.00 e. The van der Waals surface area contributed by atoms with Gasteiger partial charge in [-0.25, -0.2) is 18.4 Å². The molecule has 3 N–H and O–H groups in total. The average molecular weight is 483 g/mol. The summed E-state index contributed by atoms with van der Waals surface area (Å²) in [6.45, 7) is 7.58. The van der Waals surface area contributed by atoms with Crippen LogP contribution in [0, 0.1) is 0 Å². The van der Waals surface area contributed by atoms with E-state index < -0.39 is 10.4 Å². The van der Waals surface area contributed by atoms with Crippen molar-refractivity contribution in [2.75, 3.05) is 39.3 Å². The fourth-order valence-corrected chi connectivity index (χ4v) is 4.19. The minimum Gasteiger partial charge on any atom is -1.00 e. The summed E-state index contributed by atoms with van der Waals surface area (Å²) in [7, 11) is -4.92. The zero-order valence-corrected chi connectivity index (χ0v) is 19.1. The van der Waals surface area contributed by atoms with Gasteiger partial charge in [0.2, 0.25) is 10.4 Å². The summed E-state index contributed by atoms with van der Waals surface area (Å²) < 4.78 is 32.8. The van der Waals surface area contributed by atoms with Gasteiger partial charge >= 0.3 is 0 Å². The standard InChI is InChI=1S/2C9H16N2.BrH.H2O4S/c2*1-2-5-9-10-6-4-8-11(9)7-3-1;;1-5(2,3)4/h2*1-8H2;1H;(H2,1,2,3,4). The van der Waals surface area contributed by atoms with Gasteiger partial charge in [0.1, 0.15) is 0 Å². The van der Waals surface area contributed by atoms with Crippen LogP contribution in [0.5, 0.6) is 0 Å². The van der Waals surface area contributed by atoms with Crippen LogP contribution >= 0.6 is 0 Å². The van der Waals surface area contributed by atoms with Crippen molar-refractivity contribution < 1.29 is 44.3 Å². The number of fused-ring (bicyclic) bond motifs is 2. The molecule has 0 bridgehead atoms. The first-order valence-electron chi connectivity index (χ1n) is 10.4. The fourth-order valence-electron chi connectivity index (χ4n) is 4.19. The van der Waals surface area contributed by atoms with E-state index in [-0.39, 0.29) is 17.0 Å². The molecule has 0 aromatic rings. The van der Waals surface area contributed by atoms with Crippen molar-refractivity contribution in [1.82, 2.24) is 0 Å². The molecule has 2 atom stereocenters. The summed E-state index contributed by atoms with van der Waals surface area (Å²) in [6.07, 6.45) is 13.6. The van der Waals surface area contributed by atoms with E-state index in [4.69, 9.17) is 17.5 Å². The monoisotopic (exact) mass is 482 g/mol. The van der Waals surface area contributed by atoms with E-state index in [1.807, 2.05) is 0 Å². The Morgan fingerprint density at radius 1 is 0.714 bits per heavy atom. The zero-order valence-electron chi connectivity index (χ0n) is 16.7. The van der Waals surface area contributed by atoms with Gasteiger partial charge in [-0.2, -0.15) is 0 Å². The lowest BCUT2D eigenvalue weighted by Crippen LogP contribution is -3.15. The third-order valence-corrected chi connectivity index (χ3v) is 5.48. The van der Waals surface area contributed by atoms with Crippen molar-refractivity contribution in [1.29, 1.82) is 0 Å². The number of amidine groups is 2. The molecule has 2 unspecified atom stereocenters. The molecule has 2 fully saturated rings. The highest BCUT2D eigenvalue weighted by Crippen LogP contribution is 2.04. The summed E-state index contributed by atoms with van der Waals surface area (Å²) in [5.74, 6) is 2.96. The molecule has 164 valence electrons. The molecule has 2 saturated heterocycles. The van der Waals surface area contributed by atoms with Gasteiger partial charge in [-0.1, -0.05) is 0 Å². The molecular formula is C18H35BrN4O4S. The molecule has 8 nitrogen and oxygen atoms in total. The number of rotatable bonds is 0. The molecule has 4 aliphatic heterocycles. The second-order valence-electron chi connectivity index (χ2n) is 7.62. The Balaban J connectivity index is 0.000000222. The van der Waals surface area contributed by atoms with Gasteiger partial charge < -0.3 is 21.5 Å². The molecule has 0 spiro atoms. The summed E-state index contributed by atoms with van der Waals surface area (Å²) in [4.78, 5) is 12.6. The number of nitrogens with one attached hydrogen (secondary N) is 2. The van der Waals surface area contributed by atoms with Gasteiger partial charge in [0.15, 0.2) is 11.7 Å². The van der Waals surface area contributed by atoms with Gasteiger partial charge in [-0.3, -0.25) is 14.4 Å². The van der Waals surface area contributed by atoms with Crippen LogP contribution in [0.2, 0.25) is 0 Å². The van der Waals surface area contributed by atoms with E-state index in [0.717, 1.165) is 13.1 Å². The van der Waals surface area contributed by atoms with E-state index >= 15 is 0 Å². The van der Waals surface area contributed by atoms with E-state index in [0.29, 0.717) is 0 Å². The number of quaternary nitrogens is 2. The fraction of sp³-hybridized carbons (Fsp3) is 0.889. The Morgan fingerprint density at radius 2 is 1.07 bits per heavy atom. The molecule has 0 radical (unpaired) electrons. The molecule has 0 aliphatic carbocycles. The van der Waals surface area contributed by atoms with Gasteiger partial charge in [-0.15, -0.1) is 0 Å². The third kappa shape index (κ3) is 11.0. The number of nitrogens with zero attached hydrogens (tertiary/aromatic N) is 2. The second kappa shape index (κ2) is 13.8. The lowest BCUT2D eigenvalue weighted by Gasteiger charge is -2.21. The van der Waals surface area contributed by atoms with Crippen LogP contribution in [0.15, 0.2) is 9.98 Å². The van der Waals surface area contributed by atoms with Crippen LogP contribution in [0.4, 0.5) is 0 Å². The quantitative estimate of drug-likeness (QED) is 0.245. The van der Waals surface area contributed by atoms with Gasteiger partial charge in [0.25, 0.3) is 0 Å². The summed E-state index contributed by atoms with van der Waals surface area (Å²) in [5.41, 5.74) is 0. The summed E-state index contributed by atoms with van der Waals surface area (Å²) in [6, 6.07) is 0. The van der Waals surface area contributed by atoms with Crippen LogP contribution in [0.1, 0.15) is 64.2 Å². The van der Waals surface area contributed by atoms with E-state index in [2.05, 4.69) is 9.98 Å². The Kier molecular flexibility index (Phi) is 12.6. The molecule has 28 heavy (non-hydrogen) atoms. The predicted octanol–water partition coefficient (Wildman–Crippen LogP) is -3.50. The normalized spacial score (nSPS) is 27.2. The SMILES string of the molecule is C1CCC2=NCCC[NH+]2CC1.C1CCC2=NCCC[NH+]2CC1.O=S(=O)([O-])O.[Br-]. The van der Waals surface area contributed by atoms with Crippen molar-refractivity contribution in [3.8, 4) is 0 Å². The Morgan fingerprint density at radius 3 is 1.46 bits per heavy atom. The third-order valence-electron chi connectivity index (χ3n) is 5.48. The van der Waals surface area contributed by atoms with Crippen molar-refractivity contribution in [2.24, 2.45) is 9.98 Å². The number of hydrogen-bond donors (Lipinski definition) is 3. The molecule has 4 rings (SSSR count). The van der Waals surface area contributed by atoms with Crippen LogP contribution < -0.4 is 26.8 Å². The molecule has 0 aromatic carbocycles. The zero-order chi connectivity index (χ0) is 19.5. The van der Waals surface area contributed by atoms with Crippen LogP contribution in [-0.2, 0) is 10.4 Å². The lowest BCUT2D eigenvalue weighted by molar-refractivity contribution is -0.809. The van der Waals surface area contributed by atoms with Crippen molar-refractivity contribution in [3.63, 3.8) is 0 Å². The topological polar surface area (TPSA) is 111 Å². The van der Waals surface area contributed by atoms with Crippen molar-refractivity contribution in [3.05, 3.63) is 0 Å². The average Bonchev–Trinajstić information content (AvgIpc) is 3.01. The maximum Gasteiger partial charge on any atom is 0.215 e. The molecule has 0 saturated carbocycles. The summed E-state index contributed by atoms with van der Waals surface area (Å²) in [5, 5.41) is 0. The number of halogens is 1. The molecule has 10 heteroatoms. The molecule has 4 aliphatic rings. The first kappa shape index (κ1) is 25.6. The summed E-state index contributed by atoms with van der Waals surface area (Å²) >= 11 is 0. The lowest BCUT2D eigenvalue weighted by atomic mass is 10.2. The molecule has 0 amide bonds. The van der Waals surface area contributed by atoms with Crippen molar-refractivity contribution >= 4 is 22.1 Å². The highest BCUT2D eigenvalue weighted by Gasteiger charge is 2.22. The minimum atomic E-state index is -4.92. The maximum atomic E-state index is 8.63. The Labute approximate surface area is 179 Å². The van der Waals surface area contributed by atoms with Crippen molar-refractivity contribution in [2.45, 2.75) is 64.2 Å². The molecule has 4 heterocycles. The van der Waals surface area contributed by atoms with Crippen LogP contribution in [0.3, 0.4) is 0 Å². The smallest absolute Gasteiger partial charge is 0.215 e. The van der Waals surface area contributed by atoms with E-state index in [9.17, 15) is 0 Å². The minimum absolute atomic E-state index is 0. The van der Waals surface area contributed by atoms with Gasteiger partial charge in [0, 0.05) is 38.8 Å². The molecular weight excluding hydrogens is 448 g/mol. The van der Waals surface area contributed by atoms with Crippen LogP contribution in [0.25, 0.3) is 0 Å². The van der Waals surface area contributed by atoms with E-state index in [1.165, 1.54) is 102 Å². The Hall–Kier alpha value is -0.390. The van der Waals surface area contributed by atoms with Gasteiger partial charge in [0.05, 0.1) is 26.2 Å². The first-order chi connectivity index (χ1) is 12.9. The Bertz CT molecular complexity index is 567. The first-order valence-corrected chi connectivity index (χ1v) is 11.7. The van der Waals surface area contributed by atoms with Crippen LogP contribution in [-0.4, -0.2) is 68.5 Å². The number of aliphatic imine (C=N–C) groups is 2. The highest BCUT2D eigenvalue weighted by molar-refractivity contribution is 7.79. The maximum absolute atomic E-state index is 8.63. The van der Waals surface area contributed by atoms with Gasteiger partial charge in [-0.05, 0) is 38.5 Å².